The molecule has 1 nitrogen and oxygen atoms in total. The van der Waals surface area contributed by atoms with Gasteiger partial charge in [0.2, 0.25) is 0 Å². The van der Waals surface area contributed by atoms with Gasteiger partial charge in [-0.15, -0.1) is 0 Å². The van der Waals surface area contributed by atoms with Crippen LogP contribution in [0.1, 0.15) is 11.1 Å². The Bertz CT molecular complexity index is 522. The summed E-state index contributed by atoms with van der Waals surface area (Å²) in [6.07, 6.45) is 0.962. The molecule has 2 aromatic heterocycles. The van der Waals surface area contributed by atoms with Gasteiger partial charge < -0.3 is 4.42 Å². The molecule has 0 saturated carbocycles. The van der Waals surface area contributed by atoms with Gasteiger partial charge in [0.25, 0.3) is 0 Å². The summed E-state index contributed by atoms with van der Waals surface area (Å²) in [4.78, 5) is 0. The Balaban J connectivity index is 1.95. The van der Waals surface area contributed by atoms with Crippen molar-refractivity contribution in [2.45, 2.75) is 6.42 Å². The van der Waals surface area contributed by atoms with Crippen LogP contribution in [0.15, 0.2) is 52.9 Å². The molecule has 0 amide bonds. The lowest BCUT2D eigenvalue weighted by Crippen LogP contribution is -1.85. The molecule has 2 bridgehead atoms. The number of hydrogen-bond donors (Lipinski definition) is 0. The molecule has 3 aromatic rings. The van der Waals surface area contributed by atoms with Crippen molar-refractivity contribution in [1.82, 2.24) is 0 Å². The molecule has 14 heavy (non-hydrogen) atoms. The van der Waals surface area contributed by atoms with Gasteiger partial charge in [0, 0.05) is 12.0 Å². The Morgan fingerprint density at radius 2 is 1.79 bits per heavy atom. The summed E-state index contributed by atoms with van der Waals surface area (Å²) in [5.74, 6) is 0. The third-order valence-electron chi connectivity index (χ3n) is 2.50. The average molecular weight is 182 g/mol. The van der Waals surface area contributed by atoms with Gasteiger partial charge in [-0.3, -0.25) is 0 Å². The minimum Gasteiger partial charge on any atom is -0.457 e. The van der Waals surface area contributed by atoms with Crippen molar-refractivity contribution in [2.75, 3.05) is 0 Å². The van der Waals surface area contributed by atoms with E-state index in [2.05, 4.69) is 30.3 Å². The number of fused-ring (bicyclic) bond motifs is 2. The smallest absolute Gasteiger partial charge is 0.131 e. The molecule has 2 heterocycles. The van der Waals surface area contributed by atoms with E-state index in [9.17, 15) is 0 Å². The van der Waals surface area contributed by atoms with Gasteiger partial charge >= 0.3 is 0 Å². The fourth-order valence-corrected chi connectivity index (χ4v) is 1.80. The van der Waals surface area contributed by atoms with E-state index < -0.39 is 0 Å². The molecule has 68 valence electrons. The van der Waals surface area contributed by atoms with Crippen molar-refractivity contribution in [3.63, 3.8) is 0 Å². The van der Waals surface area contributed by atoms with Gasteiger partial charge in [-0.2, -0.15) is 0 Å². The second-order valence-corrected chi connectivity index (χ2v) is 3.53. The average Bonchev–Trinajstić information content (AvgIpc) is 2.81. The Hall–Kier alpha value is -1.76. The molecule has 0 aliphatic rings. The zero-order valence-electron chi connectivity index (χ0n) is 7.73. The maximum Gasteiger partial charge on any atom is 0.131 e. The minimum absolute atomic E-state index is 0.962. The first-order chi connectivity index (χ1) is 6.92. The van der Waals surface area contributed by atoms with Crippen molar-refractivity contribution in [1.29, 1.82) is 0 Å². The molecule has 0 atom stereocenters. The Kier molecular flexibility index (Phi) is 1.57. The predicted molar refractivity (Wildman–Crippen MR) is 56.6 cm³/mol. The summed E-state index contributed by atoms with van der Waals surface area (Å²) < 4.78 is 5.49. The normalized spacial score (nSPS) is 11.1. The standard InChI is InChI=1S/C13H10O/c1-2-4-10(5-3-1)8-11-9-12-6-7-13(11)14-12/h1-7,9H,8H2. The lowest BCUT2D eigenvalue weighted by Gasteiger charge is -1.97. The van der Waals surface area contributed by atoms with Crippen LogP contribution in [0.5, 0.6) is 0 Å². The molecule has 0 N–H and O–H groups in total. The third kappa shape index (κ3) is 1.18. The van der Waals surface area contributed by atoms with E-state index >= 15 is 0 Å². The van der Waals surface area contributed by atoms with Crippen LogP contribution in [-0.2, 0) is 6.42 Å². The van der Waals surface area contributed by atoms with Crippen LogP contribution in [0, 0.1) is 0 Å². The number of furan rings is 2. The molecular weight excluding hydrogens is 172 g/mol. The first-order valence-electron chi connectivity index (χ1n) is 4.76. The van der Waals surface area contributed by atoms with Gasteiger partial charge in [0.1, 0.15) is 11.2 Å². The van der Waals surface area contributed by atoms with Gasteiger partial charge in [0.05, 0.1) is 0 Å². The van der Waals surface area contributed by atoms with E-state index in [-0.39, 0.29) is 0 Å². The zero-order valence-corrected chi connectivity index (χ0v) is 7.73. The van der Waals surface area contributed by atoms with E-state index in [1.807, 2.05) is 18.2 Å². The number of benzene rings is 2. The predicted octanol–water partition coefficient (Wildman–Crippen LogP) is 3.46. The monoisotopic (exact) mass is 182 g/mol. The Morgan fingerprint density at radius 3 is 2.43 bits per heavy atom. The number of hydrogen-bond acceptors (Lipinski definition) is 1. The van der Waals surface area contributed by atoms with Crippen LogP contribution in [0.3, 0.4) is 0 Å². The molecule has 1 aromatic carbocycles. The van der Waals surface area contributed by atoms with Crippen LogP contribution in [0.2, 0.25) is 0 Å². The van der Waals surface area contributed by atoms with Crippen LogP contribution in [0.25, 0.3) is 11.2 Å². The van der Waals surface area contributed by atoms with Gasteiger partial charge in [-0.05, 0) is 23.8 Å². The highest BCUT2D eigenvalue weighted by atomic mass is 16.3. The first kappa shape index (κ1) is 7.63. The summed E-state index contributed by atoms with van der Waals surface area (Å²) in [7, 11) is 0. The molecule has 0 unspecified atom stereocenters. The maximum absolute atomic E-state index is 5.49. The summed E-state index contributed by atoms with van der Waals surface area (Å²) >= 11 is 0. The van der Waals surface area contributed by atoms with E-state index in [1.165, 1.54) is 11.1 Å². The minimum atomic E-state index is 0.962. The van der Waals surface area contributed by atoms with Crippen molar-refractivity contribution in [2.24, 2.45) is 0 Å². The van der Waals surface area contributed by atoms with E-state index in [0.717, 1.165) is 17.6 Å². The van der Waals surface area contributed by atoms with E-state index in [0.29, 0.717) is 0 Å². The van der Waals surface area contributed by atoms with Gasteiger partial charge in [-0.25, -0.2) is 0 Å². The Labute approximate surface area is 82.3 Å². The van der Waals surface area contributed by atoms with Crippen molar-refractivity contribution in [3.05, 3.63) is 59.7 Å². The number of rotatable bonds is 2. The van der Waals surface area contributed by atoms with Crippen molar-refractivity contribution >= 4 is 11.2 Å². The maximum atomic E-state index is 5.49. The molecule has 0 aliphatic carbocycles. The zero-order chi connectivity index (χ0) is 9.38. The summed E-state index contributed by atoms with van der Waals surface area (Å²) in [5.41, 5.74) is 4.61. The molecule has 1 heteroatoms. The molecule has 0 fully saturated rings. The van der Waals surface area contributed by atoms with Crippen LogP contribution in [0.4, 0.5) is 0 Å². The molecule has 0 spiro atoms. The fourth-order valence-electron chi connectivity index (χ4n) is 1.80. The lowest BCUT2D eigenvalue weighted by atomic mass is 10.1. The quantitative estimate of drug-likeness (QED) is 0.591. The van der Waals surface area contributed by atoms with E-state index in [1.54, 1.807) is 0 Å². The largest absolute Gasteiger partial charge is 0.457 e. The van der Waals surface area contributed by atoms with Crippen molar-refractivity contribution in [3.8, 4) is 0 Å². The molecule has 0 aliphatic heterocycles. The molecule has 0 saturated heterocycles. The van der Waals surface area contributed by atoms with Gasteiger partial charge in [0.15, 0.2) is 0 Å². The van der Waals surface area contributed by atoms with Crippen LogP contribution >= 0.6 is 0 Å². The molecule has 0 radical (unpaired) electrons. The molecule has 3 rings (SSSR count). The van der Waals surface area contributed by atoms with Crippen LogP contribution < -0.4 is 0 Å². The lowest BCUT2D eigenvalue weighted by molar-refractivity contribution is 0.673. The second kappa shape index (κ2) is 2.88. The summed E-state index contributed by atoms with van der Waals surface area (Å²) in [5, 5.41) is 0. The van der Waals surface area contributed by atoms with Gasteiger partial charge in [-0.1, -0.05) is 30.3 Å². The second-order valence-electron chi connectivity index (χ2n) is 3.53. The SMILES string of the molecule is c1ccc(Cc2cc3ccc2o3)cc1. The topological polar surface area (TPSA) is 13.1 Å². The third-order valence-corrected chi connectivity index (χ3v) is 2.50. The molecular formula is C13H10O. The van der Waals surface area contributed by atoms with Crippen LogP contribution in [-0.4, -0.2) is 0 Å². The first-order valence-corrected chi connectivity index (χ1v) is 4.76. The highest BCUT2D eigenvalue weighted by Gasteiger charge is 2.06. The summed E-state index contributed by atoms with van der Waals surface area (Å²) in [6.45, 7) is 0. The highest BCUT2D eigenvalue weighted by Crippen LogP contribution is 2.24. The Morgan fingerprint density at radius 1 is 0.929 bits per heavy atom. The summed E-state index contributed by atoms with van der Waals surface area (Å²) in [6, 6.07) is 16.6. The highest BCUT2D eigenvalue weighted by molar-refractivity contribution is 5.66. The van der Waals surface area contributed by atoms with E-state index in [4.69, 9.17) is 4.42 Å². The van der Waals surface area contributed by atoms with Crippen molar-refractivity contribution < 1.29 is 4.42 Å². The fraction of sp³-hybridized carbons (Fsp3) is 0.0769.